The fraction of sp³-hybridized carbons (Fsp3) is 0.143. The Bertz CT molecular complexity index is 734. The molecule has 0 bridgehead atoms. The van der Waals surface area contributed by atoms with E-state index in [1.54, 1.807) is 12.1 Å². The molecule has 1 aromatic heterocycles. The van der Waals surface area contributed by atoms with E-state index >= 15 is 0 Å². The molecule has 1 aromatic carbocycles. The minimum atomic E-state index is -0.402. The van der Waals surface area contributed by atoms with Crippen molar-refractivity contribution in [2.45, 2.75) is 6.92 Å². The molecule has 0 amide bonds. The molecule has 0 unspecified atom stereocenters. The lowest BCUT2D eigenvalue weighted by atomic mass is 10.3. The fourth-order valence-electron chi connectivity index (χ4n) is 1.71. The van der Waals surface area contributed by atoms with Gasteiger partial charge in [-0.25, -0.2) is 4.79 Å². The van der Waals surface area contributed by atoms with Crippen molar-refractivity contribution in [2.75, 3.05) is 17.7 Å². The number of carbonyl (C=O) groups excluding carboxylic acids is 1. The third kappa shape index (κ3) is 4.19. The van der Waals surface area contributed by atoms with Gasteiger partial charge in [-0.15, -0.1) is 11.3 Å². The van der Waals surface area contributed by atoms with E-state index in [2.05, 4.69) is 26.6 Å². The molecule has 116 valence electrons. The number of aryl methyl sites for hydroxylation is 1. The summed E-state index contributed by atoms with van der Waals surface area (Å²) in [5.74, 6) is -0.402. The minimum absolute atomic E-state index is 0.366. The van der Waals surface area contributed by atoms with Gasteiger partial charge >= 0.3 is 5.97 Å². The molecule has 0 aliphatic rings. The van der Waals surface area contributed by atoms with Crippen molar-refractivity contribution in [3.8, 4) is 0 Å². The second-order valence-electron chi connectivity index (χ2n) is 4.30. The Hall–Kier alpha value is -1.15. The van der Waals surface area contributed by atoms with Gasteiger partial charge in [-0.3, -0.25) is 0 Å². The Morgan fingerprint density at radius 3 is 2.73 bits per heavy atom. The monoisotopic (exact) mass is 418 g/mol. The van der Waals surface area contributed by atoms with Crippen molar-refractivity contribution in [3.63, 3.8) is 0 Å². The number of ether oxygens (including phenoxy) is 1. The van der Waals surface area contributed by atoms with Gasteiger partial charge in [0.05, 0.1) is 17.7 Å². The molecule has 4 nitrogen and oxygen atoms in total. The maximum atomic E-state index is 11.7. The van der Waals surface area contributed by atoms with E-state index in [0.717, 1.165) is 15.0 Å². The molecule has 0 saturated heterocycles. The van der Waals surface area contributed by atoms with Crippen molar-refractivity contribution in [3.05, 3.63) is 44.2 Å². The van der Waals surface area contributed by atoms with E-state index in [1.165, 1.54) is 18.4 Å². The molecule has 0 fully saturated rings. The van der Waals surface area contributed by atoms with Crippen LogP contribution >= 0.6 is 51.1 Å². The highest BCUT2D eigenvalue weighted by atomic mass is 79.9. The molecule has 0 saturated carbocycles. The lowest BCUT2D eigenvalue weighted by Crippen LogP contribution is -2.19. The summed E-state index contributed by atoms with van der Waals surface area (Å²) >= 11 is 16.1. The van der Waals surface area contributed by atoms with Gasteiger partial charge in [-0.05, 0) is 59.3 Å². The Morgan fingerprint density at radius 2 is 2.09 bits per heavy atom. The maximum absolute atomic E-state index is 11.7. The molecular formula is C14H12BrClN2O2S2. The van der Waals surface area contributed by atoms with E-state index in [9.17, 15) is 4.79 Å². The fourth-order valence-corrected chi connectivity index (χ4v) is 3.32. The van der Waals surface area contributed by atoms with Crippen LogP contribution in [0.4, 0.5) is 10.7 Å². The first-order chi connectivity index (χ1) is 10.4. The average molecular weight is 420 g/mol. The Morgan fingerprint density at radius 1 is 1.36 bits per heavy atom. The standard InChI is InChI=1S/C14H12BrClN2O2S2/c1-7-5-9(13(19)20-2)12(22-7)18-14(21)17-8-3-4-10(15)11(16)6-8/h3-6H,1-2H3,(H2,17,18,21). The van der Waals surface area contributed by atoms with E-state index < -0.39 is 5.97 Å². The second kappa shape index (κ2) is 7.41. The Balaban J connectivity index is 2.12. The number of carbonyl (C=O) groups is 1. The topological polar surface area (TPSA) is 50.4 Å². The lowest BCUT2D eigenvalue weighted by molar-refractivity contribution is 0.0602. The molecule has 2 aromatic rings. The van der Waals surface area contributed by atoms with Gasteiger partial charge in [0.1, 0.15) is 5.00 Å². The van der Waals surface area contributed by atoms with Crippen LogP contribution in [0.15, 0.2) is 28.7 Å². The largest absolute Gasteiger partial charge is 0.465 e. The molecule has 0 aliphatic heterocycles. The zero-order chi connectivity index (χ0) is 16.3. The summed E-state index contributed by atoms with van der Waals surface area (Å²) in [5, 5.41) is 7.62. The average Bonchev–Trinajstić information content (AvgIpc) is 2.82. The van der Waals surface area contributed by atoms with Crippen molar-refractivity contribution in [1.29, 1.82) is 0 Å². The first-order valence-corrected chi connectivity index (χ1v) is 8.52. The van der Waals surface area contributed by atoms with Gasteiger partial charge in [0.2, 0.25) is 0 Å². The van der Waals surface area contributed by atoms with Gasteiger partial charge in [-0.1, -0.05) is 11.6 Å². The van der Waals surface area contributed by atoms with Crippen LogP contribution < -0.4 is 10.6 Å². The molecule has 2 rings (SSSR count). The van der Waals surface area contributed by atoms with Gasteiger partial charge in [0, 0.05) is 15.0 Å². The summed E-state index contributed by atoms with van der Waals surface area (Å²) in [5.41, 5.74) is 1.21. The normalized spacial score (nSPS) is 10.2. The van der Waals surface area contributed by atoms with Crippen LogP contribution in [0, 0.1) is 6.92 Å². The number of methoxy groups -OCH3 is 1. The summed E-state index contributed by atoms with van der Waals surface area (Å²) in [6.45, 7) is 1.91. The van der Waals surface area contributed by atoms with E-state index in [1.807, 2.05) is 19.1 Å². The number of rotatable bonds is 3. The van der Waals surface area contributed by atoms with Crippen LogP contribution in [0.3, 0.4) is 0 Å². The quantitative estimate of drug-likeness (QED) is 0.537. The number of esters is 1. The Labute approximate surface area is 150 Å². The summed E-state index contributed by atoms with van der Waals surface area (Å²) in [6.07, 6.45) is 0. The number of hydrogen-bond acceptors (Lipinski definition) is 4. The van der Waals surface area contributed by atoms with Crippen molar-refractivity contribution < 1.29 is 9.53 Å². The summed E-state index contributed by atoms with van der Waals surface area (Å²) in [6, 6.07) is 7.17. The predicted molar refractivity (Wildman–Crippen MR) is 99.4 cm³/mol. The van der Waals surface area contributed by atoms with Crippen LogP contribution in [0.2, 0.25) is 5.02 Å². The van der Waals surface area contributed by atoms with E-state index in [-0.39, 0.29) is 0 Å². The lowest BCUT2D eigenvalue weighted by Gasteiger charge is -2.11. The van der Waals surface area contributed by atoms with Crippen molar-refractivity contribution in [1.82, 2.24) is 0 Å². The molecule has 0 atom stereocenters. The molecule has 1 heterocycles. The number of halogens is 2. The van der Waals surface area contributed by atoms with Gasteiger partial charge < -0.3 is 15.4 Å². The van der Waals surface area contributed by atoms with Gasteiger partial charge in [0.25, 0.3) is 0 Å². The number of anilines is 2. The number of thiocarbonyl (C=S) groups is 1. The highest BCUT2D eigenvalue weighted by Crippen LogP contribution is 2.29. The van der Waals surface area contributed by atoms with Crippen molar-refractivity contribution in [2.24, 2.45) is 0 Å². The maximum Gasteiger partial charge on any atom is 0.340 e. The summed E-state index contributed by atoms with van der Waals surface area (Å²) in [7, 11) is 1.35. The third-order valence-electron chi connectivity index (χ3n) is 2.67. The third-order valence-corrected chi connectivity index (χ3v) is 5.07. The van der Waals surface area contributed by atoms with Gasteiger partial charge in [0.15, 0.2) is 5.11 Å². The van der Waals surface area contributed by atoms with Crippen LogP contribution in [0.5, 0.6) is 0 Å². The number of hydrogen-bond donors (Lipinski definition) is 2. The smallest absolute Gasteiger partial charge is 0.340 e. The molecule has 0 radical (unpaired) electrons. The first kappa shape index (κ1) is 17.2. The summed E-state index contributed by atoms with van der Waals surface area (Å²) in [4.78, 5) is 12.7. The molecule has 8 heteroatoms. The zero-order valence-corrected chi connectivity index (χ0v) is 15.7. The SMILES string of the molecule is COC(=O)c1cc(C)sc1NC(=S)Nc1ccc(Br)c(Cl)c1. The van der Waals surface area contributed by atoms with Crippen LogP contribution in [0.25, 0.3) is 0 Å². The molecule has 0 spiro atoms. The molecule has 22 heavy (non-hydrogen) atoms. The van der Waals surface area contributed by atoms with Crippen LogP contribution in [-0.2, 0) is 4.74 Å². The van der Waals surface area contributed by atoms with Crippen LogP contribution in [0.1, 0.15) is 15.2 Å². The first-order valence-electron chi connectivity index (χ1n) is 6.12. The molecule has 2 N–H and O–H groups in total. The van der Waals surface area contributed by atoms with Crippen molar-refractivity contribution >= 4 is 72.9 Å². The predicted octanol–water partition coefficient (Wildman–Crippen LogP) is 5.07. The van der Waals surface area contributed by atoms with E-state index in [0.29, 0.717) is 20.7 Å². The Kier molecular flexibility index (Phi) is 5.80. The number of benzene rings is 1. The van der Waals surface area contributed by atoms with Crippen LogP contribution in [-0.4, -0.2) is 18.2 Å². The highest BCUT2D eigenvalue weighted by Gasteiger charge is 2.16. The number of thiophene rings is 1. The molecular weight excluding hydrogens is 408 g/mol. The molecule has 0 aliphatic carbocycles. The highest BCUT2D eigenvalue weighted by molar-refractivity contribution is 9.10. The van der Waals surface area contributed by atoms with E-state index in [4.69, 9.17) is 28.6 Å². The number of nitrogens with one attached hydrogen (secondary N) is 2. The minimum Gasteiger partial charge on any atom is -0.465 e. The zero-order valence-electron chi connectivity index (χ0n) is 11.7. The second-order valence-corrected chi connectivity index (χ2v) is 7.23. The summed E-state index contributed by atoms with van der Waals surface area (Å²) < 4.78 is 5.57. The van der Waals surface area contributed by atoms with Gasteiger partial charge in [-0.2, -0.15) is 0 Å².